The molecule has 0 radical (unpaired) electrons. The van der Waals surface area contributed by atoms with Gasteiger partial charge in [0.25, 0.3) is 5.91 Å². The van der Waals surface area contributed by atoms with Crippen LogP contribution in [0.2, 0.25) is 0 Å². The molecule has 0 aliphatic carbocycles. The smallest absolute Gasteiger partial charge is 0.428 e. The lowest BCUT2D eigenvalue weighted by Crippen LogP contribution is -2.43. The Kier molecular flexibility index (Phi) is 9.47. The van der Waals surface area contributed by atoms with E-state index in [0.29, 0.717) is 18.7 Å². The minimum absolute atomic E-state index is 0.0214. The summed E-state index contributed by atoms with van der Waals surface area (Å²) < 4.78 is 16.6. The van der Waals surface area contributed by atoms with Crippen molar-refractivity contribution >= 4 is 18.2 Å². The van der Waals surface area contributed by atoms with Crippen LogP contribution in [0.5, 0.6) is 11.5 Å². The van der Waals surface area contributed by atoms with Crippen molar-refractivity contribution in [3.05, 3.63) is 58.1 Å². The van der Waals surface area contributed by atoms with E-state index in [4.69, 9.17) is 14.2 Å². The monoisotopic (exact) mass is 580 g/mol. The second-order valence-electron chi connectivity index (χ2n) is 12.7. The van der Waals surface area contributed by atoms with E-state index in [9.17, 15) is 14.4 Å². The minimum Gasteiger partial charge on any atom is -0.428 e. The number of nitrogens with zero attached hydrogens (tertiary/aromatic N) is 4. The topological polar surface area (TPSA) is 91.9 Å². The second kappa shape index (κ2) is 12.7. The predicted molar refractivity (Wildman–Crippen MR) is 160 cm³/mol. The maximum Gasteiger partial charge on any atom is 0.514 e. The third kappa shape index (κ3) is 7.80. The summed E-state index contributed by atoms with van der Waals surface area (Å²) >= 11 is 0. The number of amides is 2. The molecule has 2 aromatic carbocycles. The average molecular weight is 581 g/mol. The van der Waals surface area contributed by atoms with Gasteiger partial charge in [-0.15, -0.1) is 0 Å². The fourth-order valence-corrected chi connectivity index (χ4v) is 5.04. The van der Waals surface area contributed by atoms with Gasteiger partial charge in [-0.05, 0) is 62.1 Å². The van der Waals surface area contributed by atoms with Crippen molar-refractivity contribution in [1.82, 2.24) is 19.6 Å². The van der Waals surface area contributed by atoms with Gasteiger partial charge in [-0.25, -0.2) is 9.59 Å². The lowest BCUT2D eigenvalue weighted by Gasteiger charge is -2.32. The van der Waals surface area contributed by atoms with Crippen LogP contribution in [0.25, 0.3) is 0 Å². The van der Waals surface area contributed by atoms with Crippen LogP contribution in [0.3, 0.4) is 0 Å². The van der Waals surface area contributed by atoms with E-state index in [1.54, 1.807) is 45.8 Å². The summed E-state index contributed by atoms with van der Waals surface area (Å²) in [5, 5.41) is 0. The van der Waals surface area contributed by atoms with E-state index in [1.165, 1.54) is 16.5 Å². The Morgan fingerprint density at radius 1 is 0.905 bits per heavy atom. The normalized spacial score (nSPS) is 15.9. The van der Waals surface area contributed by atoms with E-state index in [2.05, 4.69) is 35.0 Å². The first kappa shape index (κ1) is 31.3. The number of ether oxygens (including phenoxy) is 3. The number of benzene rings is 2. The first-order chi connectivity index (χ1) is 19.7. The first-order valence-electron chi connectivity index (χ1n) is 14.5. The van der Waals surface area contributed by atoms with Crippen molar-refractivity contribution in [3.8, 4) is 11.5 Å². The first-order valence-corrected chi connectivity index (χ1v) is 14.5. The summed E-state index contributed by atoms with van der Waals surface area (Å²) in [4.78, 5) is 47.0. The van der Waals surface area contributed by atoms with Crippen LogP contribution in [0.15, 0.2) is 30.3 Å². The number of likely N-dealkylation sites (N-methyl/N-ethyl adjacent to an activating group) is 1. The van der Waals surface area contributed by atoms with E-state index in [1.807, 2.05) is 13.8 Å². The number of hydrogen-bond donors (Lipinski definition) is 0. The zero-order valence-corrected chi connectivity index (χ0v) is 26.2. The minimum atomic E-state index is -0.947. The van der Waals surface area contributed by atoms with Crippen LogP contribution in [0.4, 0.5) is 9.59 Å². The fourth-order valence-electron chi connectivity index (χ4n) is 5.04. The molecule has 2 heterocycles. The summed E-state index contributed by atoms with van der Waals surface area (Å²) in [7, 11) is 5.31. The van der Waals surface area contributed by atoms with Crippen LogP contribution >= 0.6 is 0 Å². The molecule has 228 valence electrons. The number of hydrogen-bond acceptors (Lipinski definition) is 8. The molecule has 10 heteroatoms. The SMILES string of the molecule is CC(C)c1cc(C(=O)N2Cc3ccc(CN4CCN(C)CC4)cc3C2)c(OC(=O)OC(C)(C)C)cc1OC(=O)N(C)C. The molecule has 0 bridgehead atoms. The van der Waals surface area contributed by atoms with Crippen LogP contribution in [0.1, 0.15) is 73.1 Å². The van der Waals surface area contributed by atoms with Crippen molar-refractivity contribution in [1.29, 1.82) is 0 Å². The Bertz CT molecular complexity index is 1330. The standard InChI is InChI=1S/C32H44N4O6/c1-21(2)25-16-26(28(41-31(39)42-32(3,4)5)17-27(25)40-30(38)33(6)7)29(37)36-19-23-10-9-22(15-24(23)20-36)18-35-13-11-34(8)12-14-35/h9-10,15-17,21H,11-14,18-20H2,1-8H3. The maximum atomic E-state index is 14.0. The third-order valence-electron chi connectivity index (χ3n) is 7.39. The quantitative estimate of drug-likeness (QED) is 0.345. The fraction of sp³-hybridized carbons (Fsp3) is 0.531. The van der Waals surface area contributed by atoms with Crippen LogP contribution in [0, 0.1) is 0 Å². The molecule has 2 aliphatic heterocycles. The molecule has 1 fully saturated rings. The number of piperazine rings is 1. The Hall–Kier alpha value is -3.63. The van der Waals surface area contributed by atoms with Gasteiger partial charge in [-0.2, -0.15) is 0 Å². The lowest BCUT2D eigenvalue weighted by molar-refractivity contribution is 0.0204. The number of carbonyl (C=O) groups is 3. The highest BCUT2D eigenvalue weighted by atomic mass is 16.7. The molecule has 4 rings (SSSR count). The van der Waals surface area contributed by atoms with Gasteiger partial charge < -0.3 is 28.9 Å². The maximum absolute atomic E-state index is 14.0. The highest BCUT2D eigenvalue weighted by molar-refractivity contribution is 5.98. The Morgan fingerprint density at radius 2 is 1.57 bits per heavy atom. The Morgan fingerprint density at radius 3 is 2.19 bits per heavy atom. The number of fused-ring (bicyclic) bond motifs is 1. The van der Waals surface area contributed by atoms with E-state index in [-0.39, 0.29) is 28.9 Å². The van der Waals surface area contributed by atoms with Gasteiger partial charge in [0, 0.05) is 66.0 Å². The average Bonchev–Trinajstić information content (AvgIpc) is 3.32. The summed E-state index contributed by atoms with van der Waals surface area (Å²) in [5.41, 5.74) is 3.51. The summed E-state index contributed by atoms with van der Waals surface area (Å²) in [6.07, 6.45) is -1.53. The van der Waals surface area contributed by atoms with Crippen LogP contribution < -0.4 is 9.47 Å². The summed E-state index contributed by atoms with van der Waals surface area (Å²) in [6, 6.07) is 9.54. The third-order valence-corrected chi connectivity index (χ3v) is 7.39. The molecule has 0 saturated carbocycles. The Balaban J connectivity index is 1.61. The van der Waals surface area contributed by atoms with Gasteiger partial charge in [-0.3, -0.25) is 9.69 Å². The molecule has 0 N–H and O–H groups in total. The molecule has 42 heavy (non-hydrogen) atoms. The summed E-state index contributed by atoms with van der Waals surface area (Å²) in [6.45, 7) is 15.1. The molecule has 0 spiro atoms. The molecule has 2 aromatic rings. The van der Waals surface area contributed by atoms with Crippen molar-refractivity contribution in [2.75, 3.05) is 47.3 Å². The van der Waals surface area contributed by atoms with Gasteiger partial charge in [0.2, 0.25) is 0 Å². The predicted octanol–water partition coefficient (Wildman–Crippen LogP) is 5.09. The van der Waals surface area contributed by atoms with Crippen molar-refractivity contribution in [2.24, 2.45) is 0 Å². The zero-order valence-electron chi connectivity index (χ0n) is 26.2. The lowest BCUT2D eigenvalue weighted by atomic mass is 9.98. The summed E-state index contributed by atoms with van der Waals surface area (Å²) in [5.74, 6) is -0.160. The zero-order chi connectivity index (χ0) is 30.8. The second-order valence-corrected chi connectivity index (χ2v) is 12.7. The molecule has 2 amide bonds. The molecular weight excluding hydrogens is 536 g/mol. The molecular formula is C32H44N4O6. The van der Waals surface area contributed by atoms with Gasteiger partial charge in [0.05, 0.1) is 5.56 Å². The van der Waals surface area contributed by atoms with Crippen molar-refractivity contribution in [3.63, 3.8) is 0 Å². The largest absolute Gasteiger partial charge is 0.514 e. The molecule has 0 atom stereocenters. The molecule has 10 nitrogen and oxygen atoms in total. The highest BCUT2D eigenvalue weighted by Gasteiger charge is 2.30. The van der Waals surface area contributed by atoms with Crippen molar-refractivity contribution in [2.45, 2.75) is 65.8 Å². The van der Waals surface area contributed by atoms with Gasteiger partial charge in [0.15, 0.2) is 5.75 Å². The van der Waals surface area contributed by atoms with E-state index < -0.39 is 17.8 Å². The highest BCUT2D eigenvalue weighted by Crippen LogP contribution is 2.37. The number of carbonyl (C=O) groups excluding carboxylic acids is 3. The van der Waals surface area contributed by atoms with Gasteiger partial charge >= 0.3 is 12.2 Å². The molecule has 0 aromatic heterocycles. The van der Waals surface area contributed by atoms with Crippen molar-refractivity contribution < 1.29 is 28.6 Å². The number of rotatable bonds is 6. The van der Waals surface area contributed by atoms with Crippen LogP contribution in [-0.4, -0.2) is 90.7 Å². The Labute approximate surface area is 249 Å². The molecule has 0 unspecified atom stereocenters. The van der Waals surface area contributed by atoms with Gasteiger partial charge in [-0.1, -0.05) is 32.0 Å². The van der Waals surface area contributed by atoms with Gasteiger partial charge in [0.1, 0.15) is 11.4 Å². The van der Waals surface area contributed by atoms with Crippen LogP contribution in [-0.2, 0) is 24.4 Å². The molecule has 1 saturated heterocycles. The van der Waals surface area contributed by atoms with E-state index >= 15 is 0 Å². The van der Waals surface area contributed by atoms with E-state index in [0.717, 1.165) is 43.9 Å². The molecule has 2 aliphatic rings.